The fourth-order valence-corrected chi connectivity index (χ4v) is 0.457. The van der Waals surface area contributed by atoms with Crippen molar-refractivity contribution in [1.29, 1.82) is 0 Å². The third kappa shape index (κ3) is 3.77. The van der Waals surface area contributed by atoms with E-state index in [0.29, 0.717) is 0 Å². The molecule has 0 fully saturated rings. The molecule has 0 N–H and O–H groups in total. The van der Waals surface area contributed by atoms with Gasteiger partial charge in [0.2, 0.25) is 0 Å². The van der Waals surface area contributed by atoms with Gasteiger partial charge in [0.25, 0.3) is 5.92 Å². The van der Waals surface area contributed by atoms with E-state index < -0.39 is 31.4 Å². The van der Waals surface area contributed by atoms with Gasteiger partial charge in [0.15, 0.2) is 12.8 Å². The van der Waals surface area contributed by atoms with Gasteiger partial charge in [-0.25, -0.2) is 17.6 Å². The van der Waals surface area contributed by atoms with Crippen molar-refractivity contribution in [3.8, 4) is 0 Å². The van der Waals surface area contributed by atoms with E-state index in [4.69, 9.17) is 0 Å². The van der Waals surface area contributed by atoms with Gasteiger partial charge in [0.1, 0.15) is 6.42 Å². The van der Waals surface area contributed by atoms with Crippen LogP contribution < -0.4 is 0 Å². The molecule has 0 aromatic heterocycles. The van der Waals surface area contributed by atoms with Crippen LogP contribution in [0.1, 0.15) is 6.42 Å². The van der Waals surface area contributed by atoms with Gasteiger partial charge in [-0.1, -0.05) is 0 Å². The third-order valence-electron chi connectivity index (χ3n) is 0.950. The summed E-state index contributed by atoms with van der Waals surface area (Å²) in [5.74, 6) is -4.73. The Balaban J connectivity index is 4.22. The second-order valence-corrected chi connectivity index (χ2v) is 2.08. The van der Waals surface area contributed by atoms with Gasteiger partial charge in [-0.05, 0) is 0 Å². The third-order valence-corrected chi connectivity index (χ3v) is 0.950. The molecule has 0 amide bonds. The summed E-state index contributed by atoms with van der Waals surface area (Å²) in [6.45, 7) is -1.11. The van der Waals surface area contributed by atoms with E-state index in [1.54, 1.807) is 0 Å². The molecule has 0 spiro atoms. The van der Waals surface area contributed by atoms with Crippen molar-refractivity contribution in [3.05, 3.63) is 6.67 Å². The van der Waals surface area contributed by atoms with Gasteiger partial charge in [0.05, 0.1) is 0 Å². The molecule has 0 bridgehead atoms. The molecule has 73 valence electrons. The molecule has 0 rings (SSSR count). The van der Waals surface area contributed by atoms with Crippen molar-refractivity contribution in [2.24, 2.45) is 0 Å². The first-order valence-electron chi connectivity index (χ1n) is 2.71. The average molecular weight is 197 g/mol. The molecule has 0 aromatic carbocycles. The second-order valence-electron chi connectivity index (χ2n) is 2.08. The number of alkyl halides is 6. The molecular weight excluding hydrogens is 193 g/mol. The van der Waals surface area contributed by atoms with Gasteiger partial charge in [-0.3, -0.25) is 0 Å². The van der Waals surface area contributed by atoms with Crippen molar-refractivity contribution in [2.75, 3.05) is 0 Å². The molecule has 0 aromatic rings. The van der Waals surface area contributed by atoms with Crippen molar-refractivity contribution in [2.45, 2.75) is 24.7 Å². The number of rotatable bonds is 3. The second kappa shape index (κ2) is 3.49. The van der Waals surface area contributed by atoms with E-state index in [1.165, 1.54) is 0 Å². The number of hydrogen-bond acceptors (Lipinski definition) is 0. The number of hydrogen-bond donors (Lipinski definition) is 0. The molecule has 12 heavy (non-hydrogen) atoms. The summed E-state index contributed by atoms with van der Waals surface area (Å²) in [5, 5.41) is 0. The maximum absolute atomic E-state index is 11.9. The summed E-state index contributed by atoms with van der Waals surface area (Å²) < 4.78 is 80.6. The monoisotopic (exact) mass is 197 g/mol. The van der Waals surface area contributed by atoms with E-state index in [-0.39, 0.29) is 0 Å². The van der Waals surface area contributed by atoms with Crippen LogP contribution in [0.4, 0.5) is 30.7 Å². The summed E-state index contributed by atoms with van der Waals surface area (Å²) in [6.07, 6.45) is -11.4. The minimum atomic E-state index is -5.21. The summed E-state index contributed by atoms with van der Waals surface area (Å²) in [7, 11) is 0. The van der Waals surface area contributed by atoms with Gasteiger partial charge >= 0.3 is 6.18 Å². The minimum absolute atomic E-state index is 1.11. The molecule has 0 aliphatic heterocycles. The predicted molar refractivity (Wildman–Crippen MR) is 25.9 cm³/mol. The normalized spacial score (nSPS) is 16.2. The average Bonchev–Trinajstić information content (AvgIpc) is 1.80. The maximum Gasteiger partial charge on any atom is 0.394 e. The molecule has 1 unspecified atom stereocenters. The Hall–Kier alpha value is -0.490. The topological polar surface area (TPSA) is 0 Å². The standard InChI is InChI=1S/C5H4F7/c6-1-3(7)4(8,9)2-5(10,11)12/h1,3H,2H2. The lowest BCUT2D eigenvalue weighted by Gasteiger charge is -2.19. The first kappa shape index (κ1) is 11.5. The van der Waals surface area contributed by atoms with E-state index in [1.807, 2.05) is 0 Å². The van der Waals surface area contributed by atoms with Crippen LogP contribution in [0.2, 0.25) is 0 Å². The van der Waals surface area contributed by atoms with E-state index >= 15 is 0 Å². The Labute approximate surface area is 63.4 Å². The molecular formula is C5H4F7. The molecule has 0 aliphatic carbocycles. The maximum atomic E-state index is 11.9. The fourth-order valence-electron chi connectivity index (χ4n) is 0.457. The zero-order valence-electron chi connectivity index (χ0n) is 5.51. The SMILES string of the molecule is F[CH]C(F)C(F)(F)CC(F)(F)F. The lowest BCUT2D eigenvalue weighted by molar-refractivity contribution is -0.202. The zero-order valence-corrected chi connectivity index (χ0v) is 5.51. The molecule has 0 saturated carbocycles. The van der Waals surface area contributed by atoms with Crippen molar-refractivity contribution < 1.29 is 30.7 Å². The van der Waals surface area contributed by atoms with Gasteiger partial charge in [0, 0.05) is 0 Å². The van der Waals surface area contributed by atoms with Crippen LogP contribution in [0.5, 0.6) is 0 Å². The number of halogens is 7. The molecule has 0 nitrogen and oxygen atoms in total. The van der Waals surface area contributed by atoms with E-state index in [9.17, 15) is 30.7 Å². The van der Waals surface area contributed by atoms with Crippen molar-refractivity contribution in [1.82, 2.24) is 0 Å². The van der Waals surface area contributed by atoms with Gasteiger partial charge in [-0.15, -0.1) is 0 Å². The van der Waals surface area contributed by atoms with Crippen LogP contribution in [0.15, 0.2) is 0 Å². The molecule has 1 radical (unpaired) electrons. The Morgan fingerprint density at radius 2 is 1.50 bits per heavy atom. The summed E-state index contributed by atoms with van der Waals surface area (Å²) in [4.78, 5) is 0. The lowest BCUT2D eigenvalue weighted by Crippen LogP contribution is -2.35. The summed E-state index contributed by atoms with van der Waals surface area (Å²) >= 11 is 0. The van der Waals surface area contributed by atoms with Crippen molar-refractivity contribution >= 4 is 0 Å². The lowest BCUT2D eigenvalue weighted by atomic mass is 10.1. The fraction of sp³-hybridized carbons (Fsp3) is 0.800. The van der Waals surface area contributed by atoms with Crippen molar-refractivity contribution in [3.63, 3.8) is 0 Å². The molecule has 0 heterocycles. The van der Waals surface area contributed by atoms with Crippen LogP contribution in [-0.4, -0.2) is 18.3 Å². The van der Waals surface area contributed by atoms with E-state index in [2.05, 4.69) is 0 Å². The molecule has 0 aliphatic rings. The molecule has 7 heteroatoms. The summed E-state index contributed by atoms with van der Waals surface area (Å²) in [6, 6.07) is 0. The highest BCUT2D eigenvalue weighted by molar-refractivity contribution is 4.84. The minimum Gasteiger partial charge on any atom is -0.241 e. The van der Waals surface area contributed by atoms with E-state index in [0.717, 1.165) is 0 Å². The predicted octanol–water partition coefficient (Wildman–Crippen LogP) is 3.04. The van der Waals surface area contributed by atoms with Crippen LogP contribution >= 0.6 is 0 Å². The van der Waals surface area contributed by atoms with Gasteiger partial charge < -0.3 is 0 Å². The van der Waals surface area contributed by atoms with Crippen LogP contribution in [0, 0.1) is 6.67 Å². The Morgan fingerprint density at radius 1 is 1.08 bits per heavy atom. The molecule has 1 atom stereocenters. The smallest absolute Gasteiger partial charge is 0.241 e. The highest BCUT2D eigenvalue weighted by atomic mass is 19.4. The van der Waals surface area contributed by atoms with Crippen LogP contribution in [0.25, 0.3) is 0 Å². The highest BCUT2D eigenvalue weighted by Crippen LogP contribution is 2.36. The van der Waals surface area contributed by atoms with Gasteiger partial charge in [-0.2, -0.15) is 13.2 Å². The first-order valence-corrected chi connectivity index (χ1v) is 2.71. The summed E-state index contributed by atoms with van der Waals surface area (Å²) in [5.41, 5.74) is 0. The highest BCUT2D eigenvalue weighted by Gasteiger charge is 2.49. The first-order chi connectivity index (χ1) is 5.19. The Bertz CT molecular complexity index is 137. The largest absolute Gasteiger partial charge is 0.394 e. The Kier molecular flexibility index (Phi) is 3.34. The quantitative estimate of drug-likeness (QED) is 0.610. The Morgan fingerprint density at radius 3 is 1.75 bits per heavy atom. The van der Waals surface area contributed by atoms with Crippen LogP contribution in [0.3, 0.4) is 0 Å². The van der Waals surface area contributed by atoms with Crippen LogP contribution in [-0.2, 0) is 0 Å². The molecule has 0 saturated heterocycles. The zero-order chi connectivity index (χ0) is 9.99.